The van der Waals surface area contributed by atoms with Gasteiger partial charge in [-0.25, -0.2) is 0 Å². The molecule has 1 N–H and O–H groups in total. The van der Waals surface area contributed by atoms with Crippen LogP contribution in [0.1, 0.15) is 24.1 Å². The van der Waals surface area contributed by atoms with Crippen LogP contribution in [0.15, 0.2) is 71.7 Å². The van der Waals surface area contributed by atoms with Crippen LogP contribution in [0.4, 0.5) is 0 Å². The van der Waals surface area contributed by atoms with Crippen molar-refractivity contribution in [1.29, 1.82) is 0 Å². The van der Waals surface area contributed by atoms with Crippen molar-refractivity contribution in [2.45, 2.75) is 13.0 Å². The topological polar surface area (TPSA) is 32.6 Å². The lowest BCUT2D eigenvalue weighted by Crippen LogP contribution is -1.91. The van der Waals surface area contributed by atoms with Gasteiger partial charge in [-0.2, -0.15) is 0 Å². The van der Waals surface area contributed by atoms with Crippen molar-refractivity contribution in [3.05, 3.63) is 77.9 Å². The molecule has 0 saturated heterocycles. The lowest BCUT2D eigenvalue weighted by atomic mass is 10.0. The summed E-state index contributed by atoms with van der Waals surface area (Å²) in [5, 5.41) is 12.2. The van der Waals surface area contributed by atoms with Crippen LogP contribution in [-0.2, 0) is 0 Å². The standard InChI is InChI=1S/C19H17NO/c1-14(20-13-18-8-4-5-9-19(18)21)16-11-10-15-6-2-3-7-17(15)12-16/h2-14,21H,1H3/t14-/m1/s1. The summed E-state index contributed by atoms with van der Waals surface area (Å²) in [6.45, 7) is 2.06. The molecule has 104 valence electrons. The summed E-state index contributed by atoms with van der Waals surface area (Å²) in [7, 11) is 0. The highest BCUT2D eigenvalue weighted by Gasteiger charge is 2.04. The van der Waals surface area contributed by atoms with Gasteiger partial charge < -0.3 is 5.11 Å². The molecule has 2 nitrogen and oxygen atoms in total. The summed E-state index contributed by atoms with van der Waals surface area (Å²) in [5.74, 6) is 0.256. The van der Waals surface area contributed by atoms with Crippen molar-refractivity contribution in [3.8, 4) is 5.75 Å². The SMILES string of the molecule is C[C@@H](N=Cc1ccccc1O)c1ccc2ccccc2c1. The lowest BCUT2D eigenvalue weighted by molar-refractivity contribution is 0.474. The van der Waals surface area contributed by atoms with E-state index >= 15 is 0 Å². The van der Waals surface area contributed by atoms with Gasteiger partial charge in [-0.05, 0) is 41.5 Å². The number of phenols is 1. The summed E-state index contributed by atoms with van der Waals surface area (Å²) >= 11 is 0. The average Bonchev–Trinajstić information content (AvgIpc) is 2.53. The molecule has 3 aromatic carbocycles. The minimum Gasteiger partial charge on any atom is -0.507 e. The molecule has 1 atom stereocenters. The van der Waals surface area contributed by atoms with E-state index in [0.29, 0.717) is 0 Å². The summed E-state index contributed by atoms with van der Waals surface area (Å²) < 4.78 is 0. The normalized spacial score (nSPS) is 12.8. The Morgan fingerprint density at radius 1 is 0.905 bits per heavy atom. The van der Waals surface area contributed by atoms with Crippen LogP contribution < -0.4 is 0 Å². The van der Waals surface area contributed by atoms with Gasteiger partial charge in [0.05, 0.1) is 6.04 Å². The molecule has 0 unspecified atom stereocenters. The monoisotopic (exact) mass is 275 g/mol. The molecule has 21 heavy (non-hydrogen) atoms. The molecule has 0 aromatic heterocycles. The van der Waals surface area contributed by atoms with Crippen LogP contribution in [-0.4, -0.2) is 11.3 Å². The average molecular weight is 275 g/mol. The van der Waals surface area contributed by atoms with Gasteiger partial charge in [-0.3, -0.25) is 4.99 Å². The van der Waals surface area contributed by atoms with Crippen LogP contribution in [0.2, 0.25) is 0 Å². The Bertz CT molecular complexity index is 792. The Hall–Kier alpha value is -2.61. The number of nitrogens with zero attached hydrogens (tertiary/aromatic N) is 1. The molecule has 0 amide bonds. The van der Waals surface area contributed by atoms with E-state index in [1.807, 2.05) is 24.3 Å². The minimum absolute atomic E-state index is 0.0502. The molecular weight excluding hydrogens is 258 g/mol. The van der Waals surface area contributed by atoms with E-state index in [0.717, 1.165) is 5.56 Å². The number of hydrogen-bond acceptors (Lipinski definition) is 2. The summed E-state index contributed by atoms with van der Waals surface area (Å²) in [6, 6.07) is 22.0. The molecule has 0 aliphatic carbocycles. The first-order valence-electron chi connectivity index (χ1n) is 7.04. The van der Waals surface area contributed by atoms with Gasteiger partial charge in [0.25, 0.3) is 0 Å². The Morgan fingerprint density at radius 3 is 2.43 bits per heavy atom. The number of benzene rings is 3. The van der Waals surface area contributed by atoms with Gasteiger partial charge in [-0.15, -0.1) is 0 Å². The van der Waals surface area contributed by atoms with E-state index < -0.39 is 0 Å². The maximum atomic E-state index is 9.74. The first kappa shape index (κ1) is 13.4. The predicted octanol–water partition coefficient (Wildman–Crippen LogP) is 4.73. The van der Waals surface area contributed by atoms with Crippen molar-refractivity contribution in [1.82, 2.24) is 0 Å². The second-order valence-corrected chi connectivity index (χ2v) is 5.12. The highest BCUT2D eigenvalue weighted by molar-refractivity contribution is 5.84. The third-order valence-electron chi connectivity index (χ3n) is 3.63. The number of para-hydroxylation sites is 1. The van der Waals surface area contributed by atoms with Crippen LogP contribution in [0.3, 0.4) is 0 Å². The fraction of sp³-hybridized carbons (Fsp3) is 0.105. The zero-order valence-electron chi connectivity index (χ0n) is 11.9. The molecular formula is C19H17NO. The molecule has 0 aliphatic heterocycles. The molecule has 0 fully saturated rings. The predicted molar refractivity (Wildman–Crippen MR) is 88.1 cm³/mol. The fourth-order valence-electron chi connectivity index (χ4n) is 2.34. The molecule has 0 heterocycles. The van der Waals surface area contributed by atoms with Gasteiger partial charge in [0, 0.05) is 11.8 Å². The van der Waals surface area contributed by atoms with Crippen molar-refractivity contribution in [2.24, 2.45) is 4.99 Å². The van der Waals surface area contributed by atoms with Crippen LogP contribution in [0.5, 0.6) is 5.75 Å². The van der Waals surface area contributed by atoms with E-state index in [4.69, 9.17) is 0 Å². The number of aromatic hydroxyl groups is 1. The van der Waals surface area contributed by atoms with Crippen LogP contribution in [0.25, 0.3) is 10.8 Å². The fourth-order valence-corrected chi connectivity index (χ4v) is 2.34. The number of hydrogen-bond donors (Lipinski definition) is 1. The number of fused-ring (bicyclic) bond motifs is 1. The highest BCUT2D eigenvalue weighted by atomic mass is 16.3. The first-order chi connectivity index (χ1) is 10.2. The zero-order valence-corrected chi connectivity index (χ0v) is 11.9. The number of phenolic OH excluding ortho intramolecular Hbond substituents is 1. The number of rotatable bonds is 3. The van der Waals surface area contributed by atoms with E-state index in [1.54, 1.807) is 18.3 Å². The molecule has 2 heteroatoms. The van der Waals surface area contributed by atoms with E-state index in [1.165, 1.54) is 16.3 Å². The van der Waals surface area contributed by atoms with Crippen LogP contribution >= 0.6 is 0 Å². The quantitative estimate of drug-likeness (QED) is 0.689. The Balaban J connectivity index is 1.87. The van der Waals surface area contributed by atoms with Gasteiger partial charge in [0.15, 0.2) is 0 Å². The molecule has 0 spiro atoms. The maximum Gasteiger partial charge on any atom is 0.124 e. The lowest BCUT2D eigenvalue weighted by Gasteiger charge is -2.08. The summed E-state index contributed by atoms with van der Waals surface area (Å²) in [5.41, 5.74) is 1.91. The van der Waals surface area contributed by atoms with E-state index in [9.17, 15) is 5.11 Å². The highest BCUT2D eigenvalue weighted by Crippen LogP contribution is 2.23. The maximum absolute atomic E-state index is 9.74. The minimum atomic E-state index is 0.0502. The van der Waals surface area contributed by atoms with Gasteiger partial charge >= 0.3 is 0 Å². The van der Waals surface area contributed by atoms with Crippen molar-refractivity contribution in [3.63, 3.8) is 0 Å². The Morgan fingerprint density at radius 2 is 1.62 bits per heavy atom. The summed E-state index contributed by atoms with van der Waals surface area (Å²) in [6.07, 6.45) is 1.73. The van der Waals surface area contributed by atoms with Crippen molar-refractivity contribution >= 4 is 17.0 Å². The molecule has 0 saturated carbocycles. The second kappa shape index (κ2) is 5.80. The Kier molecular flexibility index (Phi) is 3.69. The third kappa shape index (κ3) is 2.95. The summed E-state index contributed by atoms with van der Waals surface area (Å²) in [4.78, 5) is 4.55. The third-order valence-corrected chi connectivity index (χ3v) is 3.63. The molecule has 3 aromatic rings. The van der Waals surface area contributed by atoms with Gasteiger partial charge in [0.1, 0.15) is 5.75 Å². The second-order valence-electron chi connectivity index (χ2n) is 5.12. The largest absolute Gasteiger partial charge is 0.507 e. The van der Waals surface area contributed by atoms with Crippen molar-refractivity contribution in [2.75, 3.05) is 0 Å². The molecule has 0 aliphatic rings. The molecule has 0 radical (unpaired) electrons. The van der Waals surface area contributed by atoms with Crippen LogP contribution in [0, 0.1) is 0 Å². The zero-order chi connectivity index (χ0) is 14.7. The van der Waals surface area contributed by atoms with E-state index in [2.05, 4.69) is 42.2 Å². The van der Waals surface area contributed by atoms with Gasteiger partial charge in [-0.1, -0.05) is 48.5 Å². The van der Waals surface area contributed by atoms with Crippen molar-refractivity contribution < 1.29 is 5.11 Å². The molecule has 0 bridgehead atoms. The number of aliphatic imine (C=N–C) groups is 1. The smallest absolute Gasteiger partial charge is 0.124 e. The van der Waals surface area contributed by atoms with Gasteiger partial charge in [0.2, 0.25) is 0 Å². The van der Waals surface area contributed by atoms with E-state index in [-0.39, 0.29) is 11.8 Å². The molecule has 3 rings (SSSR count). The Labute approximate surface area is 124 Å². The first-order valence-corrected chi connectivity index (χ1v) is 7.04.